The Morgan fingerprint density at radius 2 is 2.40 bits per heavy atom. The maximum Gasteiger partial charge on any atom is 0.0948 e. The van der Waals surface area contributed by atoms with Gasteiger partial charge in [-0.2, -0.15) is 5.10 Å². The van der Waals surface area contributed by atoms with Gasteiger partial charge < -0.3 is 9.30 Å². The van der Waals surface area contributed by atoms with E-state index in [2.05, 4.69) is 30.7 Å². The van der Waals surface area contributed by atoms with Gasteiger partial charge in [0.05, 0.1) is 24.3 Å². The Bertz CT molecular complexity index is 561. The molecule has 20 heavy (non-hydrogen) atoms. The van der Waals surface area contributed by atoms with Gasteiger partial charge in [-0.05, 0) is 19.4 Å². The van der Waals surface area contributed by atoms with E-state index in [1.807, 2.05) is 19.4 Å². The number of hydrogen-bond acceptors (Lipinski definition) is 4. The van der Waals surface area contributed by atoms with Gasteiger partial charge in [0.2, 0.25) is 0 Å². The number of aryl methyl sites for hydroxylation is 2. The van der Waals surface area contributed by atoms with Crippen LogP contribution in [0.25, 0.3) is 0 Å². The van der Waals surface area contributed by atoms with Gasteiger partial charge in [-0.15, -0.1) is 0 Å². The fraction of sp³-hybridized carbons (Fsp3) is 0.571. The fourth-order valence-corrected chi connectivity index (χ4v) is 2.82. The Morgan fingerprint density at radius 3 is 3.15 bits per heavy atom. The van der Waals surface area contributed by atoms with Crippen LogP contribution in [0.4, 0.5) is 0 Å². The lowest BCUT2D eigenvalue weighted by Crippen LogP contribution is -2.36. The molecule has 2 aromatic heterocycles. The molecule has 0 bridgehead atoms. The van der Waals surface area contributed by atoms with Crippen molar-refractivity contribution < 1.29 is 4.74 Å². The number of aromatic nitrogens is 4. The highest BCUT2D eigenvalue weighted by Crippen LogP contribution is 2.20. The summed E-state index contributed by atoms with van der Waals surface area (Å²) in [6.07, 6.45) is 4.94. The molecule has 1 atom stereocenters. The van der Waals surface area contributed by atoms with Crippen molar-refractivity contribution >= 4 is 0 Å². The minimum Gasteiger partial charge on any atom is -0.383 e. The Morgan fingerprint density at radius 1 is 1.50 bits per heavy atom. The van der Waals surface area contributed by atoms with E-state index >= 15 is 0 Å². The molecule has 1 N–H and O–H groups in total. The van der Waals surface area contributed by atoms with E-state index in [0.717, 1.165) is 44.0 Å². The lowest BCUT2D eigenvalue weighted by atomic mass is 10.2. The molecule has 108 valence electrons. The van der Waals surface area contributed by atoms with Crippen LogP contribution in [-0.4, -0.2) is 44.4 Å². The zero-order valence-electron chi connectivity index (χ0n) is 12.0. The maximum absolute atomic E-state index is 5.39. The van der Waals surface area contributed by atoms with E-state index in [-0.39, 0.29) is 0 Å². The van der Waals surface area contributed by atoms with Gasteiger partial charge in [0.1, 0.15) is 0 Å². The fourth-order valence-electron chi connectivity index (χ4n) is 2.82. The molecule has 0 amide bonds. The molecule has 0 saturated heterocycles. The molecule has 6 heteroatoms. The maximum atomic E-state index is 5.39. The number of H-pyrrole nitrogens is 1. The molecule has 6 nitrogen and oxygen atoms in total. The summed E-state index contributed by atoms with van der Waals surface area (Å²) < 4.78 is 7.63. The highest BCUT2D eigenvalue weighted by atomic mass is 16.5. The summed E-state index contributed by atoms with van der Waals surface area (Å²) >= 11 is 0. The first-order valence-corrected chi connectivity index (χ1v) is 6.99. The van der Waals surface area contributed by atoms with Crippen LogP contribution < -0.4 is 0 Å². The topological polar surface area (TPSA) is 59.0 Å². The standard InChI is InChI=1S/C14H21N5O/c1-11-5-12(17-16-11)7-19-8-14-6-15-10-18(14)4-3-13(19)9-20-2/h5-6,10,13H,3-4,7-9H2,1-2H3,(H,16,17)/t13-/m1/s1. The number of hydrogen-bond donors (Lipinski definition) is 1. The number of imidazole rings is 1. The molecule has 0 unspecified atom stereocenters. The first kappa shape index (κ1) is 13.3. The van der Waals surface area contributed by atoms with E-state index in [1.165, 1.54) is 5.69 Å². The van der Waals surface area contributed by atoms with Crippen molar-refractivity contribution in [1.82, 2.24) is 24.6 Å². The van der Waals surface area contributed by atoms with Crippen LogP contribution in [0.1, 0.15) is 23.5 Å². The second-order valence-corrected chi connectivity index (χ2v) is 5.42. The first-order chi connectivity index (χ1) is 9.76. The van der Waals surface area contributed by atoms with E-state index < -0.39 is 0 Å². The van der Waals surface area contributed by atoms with Crippen molar-refractivity contribution in [1.29, 1.82) is 0 Å². The van der Waals surface area contributed by atoms with E-state index in [9.17, 15) is 0 Å². The van der Waals surface area contributed by atoms with Crippen LogP contribution in [0.5, 0.6) is 0 Å². The monoisotopic (exact) mass is 275 g/mol. The smallest absolute Gasteiger partial charge is 0.0948 e. The molecule has 2 aromatic rings. The Kier molecular flexibility index (Phi) is 3.84. The number of methoxy groups -OCH3 is 1. The summed E-state index contributed by atoms with van der Waals surface area (Å²) in [6.45, 7) is 5.51. The average Bonchev–Trinajstić information content (AvgIpc) is 3.00. The number of aromatic amines is 1. The molecule has 1 aliphatic heterocycles. The van der Waals surface area contributed by atoms with Crippen LogP contribution in [0.3, 0.4) is 0 Å². The van der Waals surface area contributed by atoms with Gasteiger partial charge in [0, 0.05) is 44.7 Å². The molecule has 3 heterocycles. The first-order valence-electron chi connectivity index (χ1n) is 6.99. The lowest BCUT2D eigenvalue weighted by Gasteiger charge is -2.28. The summed E-state index contributed by atoms with van der Waals surface area (Å²) in [5.74, 6) is 0. The highest BCUT2D eigenvalue weighted by molar-refractivity contribution is 5.08. The predicted molar refractivity (Wildman–Crippen MR) is 75.1 cm³/mol. The number of fused-ring (bicyclic) bond motifs is 1. The van der Waals surface area contributed by atoms with Gasteiger partial charge >= 0.3 is 0 Å². The summed E-state index contributed by atoms with van der Waals surface area (Å²) in [6, 6.07) is 2.52. The minimum atomic E-state index is 0.414. The second-order valence-electron chi connectivity index (χ2n) is 5.42. The van der Waals surface area contributed by atoms with Crippen LogP contribution >= 0.6 is 0 Å². The van der Waals surface area contributed by atoms with Crippen molar-refractivity contribution in [3.05, 3.63) is 35.7 Å². The summed E-state index contributed by atoms with van der Waals surface area (Å²) in [5, 5.41) is 7.36. The zero-order chi connectivity index (χ0) is 13.9. The second kappa shape index (κ2) is 5.76. The number of ether oxygens (including phenoxy) is 1. The molecular weight excluding hydrogens is 254 g/mol. The third kappa shape index (κ3) is 2.76. The van der Waals surface area contributed by atoms with E-state index in [4.69, 9.17) is 4.74 Å². The van der Waals surface area contributed by atoms with Crippen molar-refractivity contribution in [3.8, 4) is 0 Å². The molecule has 0 radical (unpaired) electrons. The number of nitrogens with one attached hydrogen (secondary N) is 1. The van der Waals surface area contributed by atoms with Crippen LogP contribution in [0.2, 0.25) is 0 Å². The summed E-state index contributed by atoms with van der Waals surface area (Å²) in [7, 11) is 1.77. The third-order valence-corrected chi connectivity index (χ3v) is 3.87. The van der Waals surface area contributed by atoms with Gasteiger partial charge in [0.15, 0.2) is 0 Å². The third-order valence-electron chi connectivity index (χ3n) is 3.87. The van der Waals surface area contributed by atoms with Crippen molar-refractivity contribution in [3.63, 3.8) is 0 Å². The van der Waals surface area contributed by atoms with Gasteiger partial charge in [-0.3, -0.25) is 10.00 Å². The molecule has 0 aliphatic carbocycles. The largest absolute Gasteiger partial charge is 0.383 e. The minimum absolute atomic E-state index is 0.414. The SMILES string of the molecule is COC[C@H]1CCn2cncc2CN1Cc1cc(C)[nH]n1. The zero-order valence-corrected chi connectivity index (χ0v) is 12.0. The molecule has 0 fully saturated rings. The van der Waals surface area contributed by atoms with E-state index in [1.54, 1.807) is 7.11 Å². The predicted octanol–water partition coefficient (Wildman–Crippen LogP) is 1.34. The van der Waals surface area contributed by atoms with Crippen molar-refractivity contribution in [2.24, 2.45) is 0 Å². The van der Waals surface area contributed by atoms with Gasteiger partial charge in [0.25, 0.3) is 0 Å². The molecular formula is C14H21N5O. The van der Waals surface area contributed by atoms with Crippen LogP contribution in [-0.2, 0) is 24.4 Å². The Hall–Kier alpha value is -1.66. The number of nitrogens with zero attached hydrogens (tertiary/aromatic N) is 4. The normalized spacial score (nSPS) is 19.8. The van der Waals surface area contributed by atoms with Crippen molar-refractivity contribution in [2.45, 2.75) is 39.0 Å². The Balaban J connectivity index is 1.79. The van der Waals surface area contributed by atoms with Crippen LogP contribution in [0.15, 0.2) is 18.6 Å². The quantitative estimate of drug-likeness (QED) is 0.914. The summed E-state index contributed by atoms with van der Waals surface area (Å²) in [5.41, 5.74) is 3.44. The average molecular weight is 275 g/mol. The molecule has 0 spiro atoms. The van der Waals surface area contributed by atoms with Crippen molar-refractivity contribution in [2.75, 3.05) is 13.7 Å². The van der Waals surface area contributed by atoms with Gasteiger partial charge in [-0.25, -0.2) is 4.98 Å². The number of rotatable bonds is 4. The molecule has 0 aromatic carbocycles. The highest BCUT2D eigenvalue weighted by Gasteiger charge is 2.24. The molecule has 3 rings (SSSR count). The lowest BCUT2D eigenvalue weighted by molar-refractivity contribution is 0.0772. The molecule has 1 aliphatic rings. The van der Waals surface area contributed by atoms with Gasteiger partial charge in [-0.1, -0.05) is 0 Å². The Labute approximate surface area is 118 Å². The molecule has 0 saturated carbocycles. The van der Waals surface area contributed by atoms with E-state index in [0.29, 0.717) is 6.04 Å². The van der Waals surface area contributed by atoms with Crippen LogP contribution in [0, 0.1) is 6.92 Å². The summed E-state index contributed by atoms with van der Waals surface area (Å²) in [4.78, 5) is 6.68.